The summed E-state index contributed by atoms with van der Waals surface area (Å²) in [5, 5.41) is 5.01. The van der Waals surface area contributed by atoms with Crippen molar-refractivity contribution in [3.63, 3.8) is 0 Å². The molecule has 6 nitrogen and oxygen atoms in total. The van der Waals surface area contributed by atoms with Gasteiger partial charge in [0.2, 0.25) is 5.91 Å². The highest BCUT2D eigenvalue weighted by Crippen LogP contribution is 2.15. The van der Waals surface area contributed by atoms with Crippen molar-refractivity contribution in [2.45, 2.75) is 20.0 Å². The maximum absolute atomic E-state index is 13.1. The Morgan fingerprint density at radius 3 is 2.48 bits per heavy atom. The summed E-state index contributed by atoms with van der Waals surface area (Å²) < 4.78 is 28.3. The van der Waals surface area contributed by atoms with Gasteiger partial charge in [-0.25, -0.2) is 13.8 Å². The smallest absolute Gasteiger partial charge is 0.251 e. The van der Waals surface area contributed by atoms with E-state index >= 15 is 0 Å². The molecule has 0 radical (unpaired) electrons. The van der Waals surface area contributed by atoms with Gasteiger partial charge in [-0.1, -0.05) is 12.1 Å². The van der Waals surface area contributed by atoms with Crippen LogP contribution in [0, 0.1) is 11.6 Å². The van der Waals surface area contributed by atoms with E-state index in [0.29, 0.717) is 18.4 Å². The fraction of sp³-hybridized carbons (Fsp3) is 0.211. The lowest BCUT2D eigenvalue weighted by Gasteiger charge is -2.09. The second-order valence-corrected chi connectivity index (χ2v) is 5.88. The molecule has 3 aromatic rings. The zero-order valence-corrected chi connectivity index (χ0v) is 14.6. The van der Waals surface area contributed by atoms with Gasteiger partial charge in [-0.3, -0.25) is 9.59 Å². The van der Waals surface area contributed by atoms with Crippen LogP contribution in [0.3, 0.4) is 0 Å². The lowest BCUT2D eigenvalue weighted by atomic mass is 10.2. The van der Waals surface area contributed by atoms with Gasteiger partial charge >= 0.3 is 0 Å². The zero-order valence-electron chi connectivity index (χ0n) is 14.6. The molecule has 2 aromatic carbocycles. The molecule has 140 valence electrons. The summed E-state index contributed by atoms with van der Waals surface area (Å²) in [6, 6.07) is 10.1. The van der Waals surface area contributed by atoms with Gasteiger partial charge in [0.15, 0.2) is 0 Å². The predicted octanol–water partition coefficient (Wildman–Crippen LogP) is 2.38. The molecule has 0 aliphatic rings. The number of para-hydroxylation sites is 2. The highest BCUT2D eigenvalue weighted by Gasteiger charge is 2.13. The third-order valence-electron chi connectivity index (χ3n) is 4.03. The fourth-order valence-corrected chi connectivity index (χ4v) is 2.80. The first-order valence-electron chi connectivity index (χ1n) is 8.43. The maximum atomic E-state index is 13.1. The SMILES string of the molecule is CCn1c(CNC(=O)CNC(=O)c2cc(F)cc(F)c2)nc2ccccc21. The van der Waals surface area contributed by atoms with Gasteiger partial charge in [-0.2, -0.15) is 0 Å². The summed E-state index contributed by atoms with van der Waals surface area (Å²) >= 11 is 0. The number of carbonyl (C=O) groups is 2. The van der Waals surface area contributed by atoms with E-state index < -0.39 is 23.4 Å². The third-order valence-corrected chi connectivity index (χ3v) is 4.03. The van der Waals surface area contributed by atoms with Gasteiger partial charge < -0.3 is 15.2 Å². The molecular weight excluding hydrogens is 354 g/mol. The molecule has 2 amide bonds. The Morgan fingerprint density at radius 1 is 1.07 bits per heavy atom. The number of rotatable bonds is 6. The van der Waals surface area contributed by atoms with E-state index in [1.807, 2.05) is 35.8 Å². The summed E-state index contributed by atoms with van der Waals surface area (Å²) in [6.45, 7) is 2.57. The number of amides is 2. The Balaban J connectivity index is 1.58. The Morgan fingerprint density at radius 2 is 1.78 bits per heavy atom. The largest absolute Gasteiger partial charge is 0.347 e. The normalized spacial score (nSPS) is 10.8. The van der Waals surface area contributed by atoms with Crippen LogP contribution in [0.25, 0.3) is 11.0 Å². The number of fused-ring (bicyclic) bond motifs is 1. The van der Waals surface area contributed by atoms with Crippen LogP contribution in [0.5, 0.6) is 0 Å². The number of carbonyl (C=O) groups excluding carboxylic acids is 2. The second kappa shape index (κ2) is 7.94. The van der Waals surface area contributed by atoms with Crippen LogP contribution in [0.15, 0.2) is 42.5 Å². The number of benzene rings is 2. The average Bonchev–Trinajstić information content (AvgIpc) is 3.01. The average molecular weight is 372 g/mol. The Labute approximate surface area is 154 Å². The minimum atomic E-state index is -0.858. The fourth-order valence-electron chi connectivity index (χ4n) is 2.80. The number of aromatic nitrogens is 2. The minimum Gasteiger partial charge on any atom is -0.347 e. The highest BCUT2D eigenvalue weighted by molar-refractivity contribution is 5.96. The standard InChI is InChI=1S/C19H18F2N4O2/c1-2-25-16-6-4-3-5-15(16)24-17(25)10-22-18(26)11-23-19(27)12-7-13(20)9-14(21)8-12/h3-9H,2,10-11H2,1H3,(H,22,26)(H,23,27). The van der Waals surface area contributed by atoms with E-state index in [1.54, 1.807) is 0 Å². The quantitative estimate of drug-likeness (QED) is 0.698. The number of hydrogen-bond acceptors (Lipinski definition) is 3. The van der Waals surface area contributed by atoms with E-state index in [9.17, 15) is 18.4 Å². The van der Waals surface area contributed by atoms with Crippen molar-refractivity contribution in [1.82, 2.24) is 20.2 Å². The van der Waals surface area contributed by atoms with E-state index in [2.05, 4.69) is 15.6 Å². The van der Waals surface area contributed by atoms with Crippen molar-refractivity contribution >= 4 is 22.8 Å². The van der Waals surface area contributed by atoms with Crippen LogP contribution >= 0.6 is 0 Å². The van der Waals surface area contributed by atoms with E-state index in [1.165, 1.54) is 0 Å². The molecule has 2 N–H and O–H groups in total. The van der Waals surface area contributed by atoms with Crippen LogP contribution in [0.1, 0.15) is 23.1 Å². The number of halogens is 2. The first-order valence-corrected chi connectivity index (χ1v) is 8.43. The molecule has 0 unspecified atom stereocenters. The van der Waals surface area contributed by atoms with Crippen LogP contribution in [0.2, 0.25) is 0 Å². The topological polar surface area (TPSA) is 76.0 Å². The van der Waals surface area contributed by atoms with Crippen molar-refractivity contribution < 1.29 is 18.4 Å². The molecule has 0 spiro atoms. The van der Waals surface area contributed by atoms with Crippen LogP contribution in [0.4, 0.5) is 8.78 Å². The number of nitrogens with one attached hydrogen (secondary N) is 2. The van der Waals surface area contributed by atoms with Crippen LogP contribution in [-0.2, 0) is 17.9 Å². The molecule has 27 heavy (non-hydrogen) atoms. The Kier molecular flexibility index (Phi) is 5.44. The Hall–Kier alpha value is -3.29. The zero-order chi connectivity index (χ0) is 19.4. The van der Waals surface area contributed by atoms with Gasteiger partial charge in [-0.15, -0.1) is 0 Å². The van der Waals surface area contributed by atoms with Crippen molar-refractivity contribution in [2.75, 3.05) is 6.54 Å². The molecule has 8 heteroatoms. The molecule has 1 aromatic heterocycles. The highest BCUT2D eigenvalue weighted by atomic mass is 19.1. The minimum absolute atomic E-state index is 0.187. The number of aryl methyl sites for hydroxylation is 1. The third kappa shape index (κ3) is 4.28. The molecule has 0 aliphatic carbocycles. The first-order chi connectivity index (χ1) is 13.0. The van der Waals surface area contributed by atoms with Crippen molar-refractivity contribution in [3.8, 4) is 0 Å². The molecule has 0 aliphatic heterocycles. The molecular formula is C19H18F2N4O2. The second-order valence-electron chi connectivity index (χ2n) is 5.88. The number of imidazole rings is 1. The van der Waals surface area contributed by atoms with E-state index in [4.69, 9.17) is 0 Å². The van der Waals surface area contributed by atoms with E-state index in [-0.39, 0.29) is 18.7 Å². The first kappa shape index (κ1) is 18.5. The van der Waals surface area contributed by atoms with Crippen molar-refractivity contribution in [3.05, 3.63) is 65.5 Å². The molecule has 0 atom stereocenters. The molecule has 0 saturated carbocycles. The maximum Gasteiger partial charge on any atom is 0.251 e. The summed E-state index contributed by atoms with van der Waals surface area (Å²) in [7, 11) is 0. The molecule has 1 heterocycles. The molecule has 0 bridgehead atoms. The van der Waals surface area contributed by atoms with Crippen LogP contribution in [-0.4, -0.2) is 27.9 Å². The van der Waals surface area contributed by atoms with Gasteiger partial charge in [0, 0.05) is 18.2 Å². The summed E-state index contributed by atoms with van der Waals surface area (Å²) in [5.41, 5.74) is 1.63. The van der Waals surface area contributed by atoms with Crippen molar-refractivity contribution in [1.29, 1.82) is 0 Å². The summed E-state index contributed by atoms with van der Waals surface area (Å²) in [6.07, 6.45) is 0. The van der Waals surface area contributed by atoms with Gasteiger partial charge in [0.05, 0.1) is 24.1 Å². The van der Waals surface area contributed by atoms with Crippen molar-refractivity contribution in [2.24, 2.45) is 0 Å². The molecule has 3 rings (SSSR count). The summed E-state index contributed by atoms with van der Waals surface area (Å²) in [5.74, 6) is -2.18. The molecule has 0 fully saturated rings. The Bertz CT molecular complexity index is 980. The number of hydrogen-bond donors (Lipinski definition) is 2. The van der Waals surface area contributed by atoms with Gasteiger partial charge in [0.25, 0.3) is 5.91 Å². The summed E-state index contributed by atoms with van der Waals surface area (Å²) in [4.78, 5) is 28.4. The lowest BCUT2D eigenvalue weighted by molar-refractivity contribution is -0.120. The van der Waals surface area contributed by atoms with Crippen LogP contribution < -0.4 is 10.6 Å². The lowest BCUT2D eigenvalue weighted by Crippen LogP contribution is -2.37. The van der Waals surface area contributed by atoms with E-state index in [0.717, 1.165) is 23.2 Å². The molecule has 0 saturated heterocycles. The predicted molar refractivity (Wildman–Crippen MR) is 95.9 cm³/mol. The van der Waals surface area contributed by atoms with Gasteiger partial charge in [0.1, 0.15) is 17.5 Å². The monoisotopic (exact) mass is 372 g/mol. The van der Waals surface area contributed by atoms with Gasteiger partial charge in [-0.05, 0) is 31.2 Å². The number of nitrogens with zero attached hydrogens (tertiary/aromatic N) is 2.